The smallest absolute Gasteiger partial charge is 0.297 e. The summed E-state index contributed by atoms with van der Waals surface area (Å²) in [5.41, 5.74) is 2.17. The minimum atomic E-state index is -3.86. The fraction of sp³-hybridized carbons (Fsp3) is 0.571. The molecule has 0 amide bonds. The van der Waals surface area contributed by atoms with Crippen molar-refractivity contribution in [1.82, 2.24) is 0 Å². The Labute approximate surface area is 214 Å². The largest absolute Gasteiger partial charge is 0.414 e. The summed E-state index contributed by atoms with van der Waals surface area (Å²) in [5.74, 6) is 0.370. The first-order chi connectivity index (χ1) is 16.3. The molecule has 2 rings (SSSR count). The number of hydrogen-bond donors (Lipinski definition) is 0. The van der Waals surface area contributed by atoms with Crippen molar-refractivity contribution in [2.75, 3.05) is 13.2 Å². The molecular weight excluding hydrogens is 476 g/mol. The summed E-state index contributed by atoms with van der Waals surface area (Å²) in [6.45, 7) is 16.5. The third-order valence-electron chi connectivity index (χ3n) is 6.75. The number of ether oxygens (including phenoxy) is 1. The summed E-state index contributed by atoms with van der Waals surface area (Å²) >= 11 is 0. The molecule has 2 atom stereocenters. The van der Waals surface area contributed by atoms with E-state index in [4.69, 9.17) is 13.3 Å². The molecule has 7 heteroatoms. The van der Waals surface area contributed by atoms with Crippen LogP contribution in [-0.4, -0.2) is 36.1 Å². The van der Waals surface area contributed by atoms with Gasteiger partial charge in [0.1, 0.15) is 0 Å². The van der Waals surface area contributed by atoms with Gasteiger partial charge in [0.2, 0.25) is 0 Å². The van der Waals surface area contributed by atoms with Crippen molar-refractivity contribution in [3.05, 3.63) is 65.7 Å². The first kappa shape index (κ1) is 29.7. The lowest BCUT2D eigenvalue weighted by molar-refractivity contribution is 0.0838. The third kappa shape index (κ3) is 10.2. The summed E-state index contributed by atoms with van der Waals surface area (Å²) in [7, 11) is -5.90. The van der Waals surface area contributed by atoms with E-state index < -0.39 is 24.5 Å². The summed E-state index contributed by atoms with van der Waals surface area (Å²) in [5, 5.41) is 0.0397. The molecule has 0 fully saturated rings. The van der Waals surface area contributed by atoms with E-state index in [1.54, 1.807) is 24.3 Å². The highest BCUT2D eigenvalue weighted by molar-refractivity contribution is 7.86. The summed E-state index contributed by atoms with van der Waals surface area (Å²) < 4.78 is 43.9. The van der Waals surface area contributed by atoms with Crippen LogP contribution in [0, 0.1) is 12.8 Å². The van der Waals surface area contributed by atoms with Gasteiger partial charge in [0, 0.05) is 6.61 Å². The number of rotatable bonds is 14. The Morgan fingerprint density at radius 1 is 0.914 bits per heavy atom. The zero-order valence-corrected chi connectivity index (χ0v) is 24.4. The van der Waals surface area contributed by atoms with Crippen LogP contribution in [0.5, 0.6) is 0 Å². The molecular formula is C28H44O5SSi. The topological polar surface area (TPSA) is 61.8 Å². The van der Waals surface area contributed by atoms with Crippen LogP contribution in [-0.2, 0) is 30.1 Å². The highest BCUT2D eigenvalue weighted by atomic mass is 32.2. The van der Waals surface area contributed by atoms with Gasteiger partial charge in [-0.3, -0.25) is 4.18 Å². The highest BCUT2D eigenvalue weighted by Crippen LogP contribution is 2.37. The molecule has 2 aromatic rings. The zero-order chi connectivity index (χ0) is 26.1. The van der Waals surface area contributed by atoms with Crippen molar-refractivity contribution in [1.29, 1.82) is 0 Å². The minimum Gasteiger partial charge on any atom is -0.414 e. The summed E-state index contributed by atoms with van der Waals surface area (Å²) in [6.07, 6.45) is 1.86. The van der Waals surface area contributed by atoms with Gasteiger partial charge in [-0.15, -0.1) is 0 Å². The van der Waals surface area contributed by atoms with Crippen LogP contribution in [0.15, 0.2) is 59.5 Å². The molecule has 5 nitrogen and oxygen atoms in total. The molecule has 0 aliphatic rings. The molecule has 0 N–H and O–H groups in total. The number of hydrogen-bond acceptors (Lipinski definition) is 5. The highest BCUT2D eigenvalue weighted by Gasteiger charge is 2.38. The Kier molecular flexibility index (Phi) is 11.2. The van der Waals surface area contributed by atoms with Gasteiger partial charge in [0.25, 0.3) is 10.1 Å². The van der Waals surface area contributed by atoms with E-state index >= 15 is 0 Å². The molecule has 0 heterocycles. The fourth-order valence-electron chi connectivity index (χ4n) is 3.35. The van der Waals surface area contributed by atoms with Crippen LogP contribution < -0.4 is 0 Å². The van der Waals surface area contributed by atoms with Crippen molar-refractivity contribution >= 4 is 18.4 Å². The average Bonchev–Trinajstić information content (AvgIpc) is 2.77. The van der Waals surface area contributed by atoms with Crippen molar-refractivity contribution in [2.45, 2.75) is 89.6 Å². The lowest BCUT2D eigenvalue weighted by Crippen LogP contribution is -2.43. The summed E-state index contributed by atoms with van der Waals surface area (Å²) in [4.78, 5) is 0.183. The zero-order valence-electron chi connectivity index (χ0n) is 22.5. The fourth-order valence-corrected chi connectivity index (χ4v) is 5.47. The second-order valence-electron chi connectivity index (χ2n) is 11.1. The summed E-state index contributed by atoms with van der Waals surface area (Å²) in [6, 6.07) is 16.9. The van der Waals surface area contributed by atoms with E-state index in [-0.39, 0.29) is 16.5 Å². The van der Waals surface area contributed by atoms with Gasteiger partial charge in [0.15, 0.2) is 8.32 Å². The van der Waals surface area contributed by atoms with Gasteiger partial charge < -0.3 is 9.16 Å². The van der Waals surface area contributed by atoms with Crippen LogP contribution in [0.25, 0.3) is 0 Å². The minimum absolute atomic E-state index is 0.0397. The Morgan fingerprint density at radius 2 is 1.54 bits per heavy atom. The van der Waals surface area contributed by atoms with Gasteiger partial charge in [-0.25, -0.2) is 0 Å². The second-order valence-corrected chi connectivity index (χ2v) is 17.5. The first-order valence-electron chi connectivity index (χ1n) is 12.6. The molecule has 0 radical (unpaired) electrons. The molecule has 35 heavy (non-hydrogen) atoms. The van der Waals surface area contributed by atoms with E-state index in [2.05, 4.69) is 52.9 Å². The molecule has 196 valence electrons. The molecule has 0 saturated carbocycles. The van der Waals surface area contributed by atoms with E-state index in [1.165, 1.54) is 0 Å². The Morgan fingerprint density at radius 3 is 2.14 bits per heavy atom. The molecule has 0 aliphatic heterocycles. The van der Waals surface area contributed by atoms with Crippen molar-refractivity contribution in [2.24, 2.45) is 5.92 Å². The van der Waals surface area contributed by atoms with Crippen LogP contribution in [0.3, 0.4) is 0 Å². The van der Waals surface area contributed by atoms with Crippen molar-refractivity contribution in [3.63, 3.8) is 0 Å². The number of aryl methyl sites for hydroxylation is 1. The predicted molar refractivity (Wildman–Crippen MR) is 145 cm³/mol. The maximum Gasteiger partial charge on any atom is 0.297 e. The lowest BCUT2D eigenvalue weighted by atomic mass is 10.0. The average molecular weight is 521 g/mol. The standard InChI is InChI=1S/C28H44O5SSi/c1-23-16-18-27(19-17-23)34(29,30)33-26(22-32-35(6,7)28(3,4)5)15-11-12-24(2)20-31-21-25-13-9-8-10-14-25/h8-10,13-14,16-19,24,26H,11-12,15,20-22H2,1-7H3/t24-,26-/m1/s1. The molecule has 0 saturated heterocycles. The van der Waals surface area contributed by atoms with Gasteiger partial charge in [-0.05, 0) is 61.5 Å². The maximum atomic E-state index is 13.0. The van der Waals surface area contributed by atoms with Gasteiger partial charge in [-0.1, -0.05) is 82.1 Å². The van der Waals surface area contributed by atoms with Gasteiger partial charge in [0.05, 0.1) is 24.2 Å². The second kappa shape index (κ2) is 13.2. The van der Waals surface area contributed by atoms with Crippen molar-refractivity contribution < 1.29 is 21.8 Å². The molecule has 0 aromatic heterocycles. The maximum absolute atomic E-state index is 13.0. The Bertz CT molecular complexity index is 982. The van der Waals surface area contributed by atoms with E-state index in [9.17, 15) is 8.42 Å². The normalized spacial score (nSPS) is 14.6. The van der Waals surface area contributed by atoms with E-state index in [1.807, 2.05) is 25.1 Å². The van der Waals surface area contributed by atoms with Crippen LogP contribution in [0.4, 0.5) is 0 Å². The van der Waals surface area contributed by atoms with Crippen LogP contribution >= 0.6 is 0 Å². The van der Waals surface area contributed by atoms with E-state index in [0.717, 1.165) is 24.0 Å². The molecule has 0 aliphatic carbocycles. The van der Waals surface area contributed by atoms with Crippen molar-refractivity contribution in [3.8, 4) is 0 Å². The van der Waals surface area contributed by atoms with Gasteiger partial charge in [-0.2, -0.15) is 8.42 Å². The first-order valence-corrected chi connectivity index (χ1v) is 16.9. The molecule has 0 spiro atoms. The van der Waals surface area contributed by atoms with Crippen LogP contribution in [0.1, 0.15) is 58.1 Å². The predicted octanol–water partition coefficient (Wildman–Crippen LogP) is 7.11. The van der Waals surface area contributed by atoms with Crippen LogP contribution in [0.2, 0.25) is 18.1 Å². The molecule has 2 aromatic carbocycles. The Hall–Kier alpha value is -1.51. The van der Waals surface area contributed by atoms with Gasteiger partial charge >= 0.3 is 0 Å². The quantitative estimate of drug-likeness (QED) is 0.196. The monoisotopic (exact) mass is 520 g/mol. The lowest BCUT2D eigenvalue weighted by Gasteiger charge is -2.37. The third-order valence-corrected chi connectivity index (χ3v) is 12.6. The Balaban J connectivity index is 1.94. The van der Waals surface area contributed by atoms with E-state index in [0.29, 0.717) is 25.6 Å². The molecule has 0 unspecified atom stereocenters. The molecule has 0 bridgehead atoms. The number of benzene rings is 2. The SMILES string of the molecule is Cc1ccc(S(=O)(=O)O[C@H](CCC[C@@H](C)COCc2ccccc2)CO[Si](C)(C)C(C)(C)C)cc1.